The summed E-state index contributed by atoms with van der Waals surface area (Å²) < 4.78 is 11.3. The van der Waals surface area contributed by atoms with Crippen LogP contribution in [0, 0.1) is 6.92 Å². The molecule has 90 valence electrons. The zero-order valence-corrected chi connectivity index (χ0v) is 11.3. The minimum atomic E-state index is 0.646. The predicted octanol–water partition coefficient (Wildman–Crippen LogP) is 2.83. The first-order valence-corrected chi connectivity index (χ1v) is 6.10. The Morgan fingerprint density at radius 2 is 2.06 bits per heavy atom. The van der Waals surface area contributed by atoms with Crippen molar-refractivity contribution in [1.29, 1.82) is 0 Å². The molecule has 0 aromatic heterocycles. The number of halogens is 1. The molecule has 0 unspecified atom stereocenters. The highest BCUT2D eigenvalue weighted by Gasteiger charge is 1.98. The van der Waals surface area contributed by atoms with Gasteiger partial charge in [0, 0.05) is 23.8 Å². The van der Waals surface area contributed by atoms with E-state index >= 15 is 0 Å². The number of hydrogen-bond donors (Lipinski definition) is 1. The molecule has 0 atom stereocenters. The van der Waals surface area contributed by atoms with Crippen molar-refractivity contribution in [3.05, 3.63) is 28.2 Å². The topological polar surface area (TPSA) is 30.5 Å². The number of ether oxygens (including phenoxy) is 2. The zero-order chi connectivity index (χ0) is 11.8. The highest BCUT2D eigenvalue weighted by atomic mass is 79.9. The van der Waals surface area contributed by atoms with E-state index in [-0.39, 0.29) is 0 Å². The molecule has 1 aromatic rings. The molecule has 0 bridgehead atoms. The molecule has 0 aliphatic rings. The van der Waals surface area contributed by atoms with Gasteiger partial charge in [-0.05, 0) is 40.5 Å². The van der Waals surface area contributed by atoms with Crippen LogP contribution in [0.1, 0.15) is 5.56 Å². The summed E-state index contributed by atoms with van der Waals surface area (Å²) in [6, 6.07) is 6.23. The Morgan fingerprint density at radius 1 is 1.25 bits per heavy atom. The monoisotopic (exact) mass is 287 g/mol. The van der Waals surface area contributed by atoms with Gasteiger partial charge in [-0.1, -0.05) is 6.07 Å². The minimum absolute atomic E-state index is 0.646. The number of rotatable bonds is 7. The summed E-state index contributed by atoms with van der Waals surface area (Å²) >= 11 is 3.50. The summed E-state index contributed by atoms with van der Waals surface area (Å²) in [4.78, 5) is 0. The van der Waals surface area contributed by atoms with Crippen LogP contribution in [-0.2, 0) is 9.47 Å². The molecule has 0 radical (unpaired) electrons. The Labute approximate surface area is 105 Å². The fraction of sp³-hybridized carbons (Fsp3) is 0.500. The highest BCUT2D eigenvalue weighted by molar-refractivity contribution is 9.10. The predicted molar refractivity (Wildman–Crippen MR) is 70.1 cm³/mol. The fourth-order valence-electron chi connectivity index (χ4n) is 1.28. The normalized spacial score (nSPS) is 10.4. The van der Waals surface area contributed by atoms with E-state index in [4.69, 9.17) is 9.47 Å². The lowest BCUT2D eigenvalue weighted by molar-refractivity contribution is 0.0759. The van der Waals surface area contributed by atoms with Gasteiger partial charge in [0.05, 0.1) is 19.8 Å². The molecule has 0 aliphatic heterocycles. The van der Waals surface area contributed by atoms with Crippen molar-refractivity contribution in [2.45, 2.75) is 6.92 Å². The van der Waals surface area contributed by atoms with E-state index in [0.717, 1.165) is 16.7 Å². The van der Waals surface area contributed by atoms with Gasteiger partial charge in [0.2, 0.25) is 0 Å². The molecule has 0 heterocycles. The van der Waals surface area contributed by atoms with Crippen molar-refractivity contribution in [2.24, 2.45) is 0 Å². The maximum Gasteiger partial charge on any atom is 0.0701 e. The van der Waals surface area contributed by atoms with Gasteiger partial charge in [-0.3, -0.25) is 0 Å². The first-order chi connectivity index (χ1) is 7.74. The number of methoxy groups -OCH3 is 1. The summed E-state index contributed by atoms with van der Waals surface area (Å²) in [5, 5.41) is 3.32. The molecule has 3 nitrogen and oxygen atoms in total. The molecule has 0 saturated heterocycles. The van der Waals surface area contributed by atoms with Crippen molar-refractivity contribution >= 4 is 21.6 Å². The maximum atomic E-state index is 5.36. The van der Waals surface area contributed by atoms with Gasteiger partial charge < -0.3 is 14.8 Å². The lowest BCUT2D eigenvalue weighted by Crippen LogP contribution is -2.12. The second kappa shape index (κ2) is 7.65. The Bertz CT molecular complexity index is 318. The van der Waals surface area contributed by atoms with Gasteiger partial charge in [0.15, 0.2) is 0 Å². The van der Waals surface area contributed by atoms with E-state index in [1.54, 1.807) is 7.11 Å². The maximum absolute atomic E-state index is 5.36. The Balaban J connectivity index is 2.23. The Kier molecular flexibility index (Phi) is 6.45. The smallest absolute Gasteiger partial charge is 0.0701 e. The lowest BCUT2D eigenvalue weighted by Gasteiger charge is -2.09. The van der Waals surface area contributed by atoms with E-state index in [1.165, 1.54) is 5.56 Å². The number of anilines is 1. The summed E-state index contributed by atoms with van der Waals surface area (Å²) in [5.41, 5.74) is 2.35. The van der Waals surface area contributed by atoms with Crippen LogP contribution in [0.2, 0.25) is 0 Å². The molecule has 1 N–H and O–H groups in total. The fourth-order valence-corrected chi connectivity index (χ4v) is 1.66. The Morgan fingerprint density at radius 3 is 2.81 bits per heavy atom. The summed E-state index contributed by atoms with van der Waals surface area (Å²) in [5.74, 6) is 0. The summed E-state index contributed by atoms with van der Waals surface area (Å²) in [7, 11) is 1.67. The third-order valence-electron chi connectivity index (χ3n) is 2.12. The van der Waals surface area contributed by atoms with E-state index in [2.05, 4.69) is 40.3 Å². The lowest BCUT2D eigenvalue weighted by atomic mass is 10.2. The van der Waals surface area contributed by atoms with Crippen LogP contribution in [0.5, 0.6) is 0 Å². The quantitative estimate of drug-likeness (QED) is 0.783. The van der Waals surface area contributed by atoms with E-state index in [9.17, 15) is 0 Å². The third-order valence-corrected chi connectivity index (χ3v) is 2.81. The molecule has 0 spiro atoms. The van der Waals surface area contributed by atoms with Crippen molar-refractivity contribution in [2.75, 3.05) is 38.8 Å². The van der Waals surface area contributed by atoms with Gasteiger partial charge in [0.25, 0.3) is 0 Å². The number of nitrogens with one attached hydrogen (secondary N) is 1. The van der Waals surface area contributed by atoms with Crippen LogP contribution in [0.25, 0.3) is 0 Å². The average molecular weight is 288 g/mol. The number of benzene rings is 1. The summed E-state index contributed by atoms with van der Waals surface area (Å²) in [6.45, 7) is 4.85. The van der Waals surface area contributed by atoms with Crippen LogP contribution < -0.4 is 5.32 Å². The van der Waals surface area contributed by atoms with Crippen molar-refractivity contribution in [3.63, 3.8) is 0 Å². The van der Waals surface area contributed by atoms with E-state index < -0.39 is 0 Å². The van der Waals surface area contributed by atoms with Gasteiger partial charge in [-0.25, -0.2) is 0 Å². The van der Waals surface area contributed by atoms with Crippen LogP contribution >= 0.6 is 15.9 Å². The molecule has 4 heteroatoms. The molecule has 1 rings (SSSR count). The SMILES string of the molecule is COCCOCCNc1cc(C)ccc1Br. The molecular formula is C12H18BrNO2. The van der Waals surface area contributed by atoms with E-state index in [1.807, 2.05) is 6.07 Å². The standard InChI is InChI=1S/C12H18BrNO2/c1-10-3-4-11(13)12(9-10)14-5-6-16-8-7-15-2/h3-4,9,14H,5-8H2,1-2H3. The third kappa shape index (κ3) is 4.96. The Hall–Kier alpha value is -0.580. The van der Waals surface area contributed by atoms with Crippen molar-refractivity contribution in [1.82, 2.24) is 0 Å². The first-order valence-electron chi connectivity index (χ1n) is 5.30. The molecule has 0 fully saturated rings. The zero-order valence-electron chi connectivity index (χ0n) is 9.75. The van der Waals surface area contributed by atoms with Crippen molar-refractivity contribution < 1.29 is 9.47 Å². The van der Waals surface area contributed by atoms with Gasteiger partial charge in [-0.2, -0.15) is 0 Å². The van der Waals surface area contributed by atoms with Crippen LogP contribution in [0.3, 0.4) is 0 Å². The van der Waals surface area contributed by atoms with Gasteiger partial charge in [0.1, 0.15) is 0 Å². The van der Waals surface area contributed by atoms with Crippen LogP contribution in [0.4, 0.5) is 5.69 Å². The minimum Gasteiger partial charge on any atom is -0.382 e. The second-order valence-corrected chi connectivity index (χ2v) is 4.37. The largest absolute Gasteiger partial charge is 0.382 e. The molecule has 0 saturated carbocycles. The molecule has 0 aliphatic carbocycles. The van der Waals surface area contributed by atoms with Gasteiger partial charge in [-0.15, -0.1) is 0 Å². The van der Waals surface area contributed by atoms with Gasteiger partial charge >= 0.3 is 0 Å². The second-order valence-electron chi connectivity index (χ2n) is 3.52. The average Bonchev–Trinajstić information content (AvgIpc) is 2.28. The van der Waals surface area contributed by atoms with Crippen molar-refractivity contribution in [3.8, 4) is 0 Å². The molecule has 1 aromatic carbocycles. The molecule has 0 amide bonds. The van der Waals surface area contributed by atoms with E-state index in [0.29, 0.717) is 19.8 Å². The first kappa shape index (κ1) is 13.5. The van der Waals surface area contributed by atoms with Crippen LogP contribution in [0.15, 0.2) is 22.7 Å². The summed E-state index contributed by atoms with van der Waals surface area (Å²) in [6.07, 6.45) is 0. The van der Waals surface area contributed by atoms with Crippen LogP contribution in [-0.4, -0.2) is 33.5 Å². The number of hydrogen-bond acceptors (Lipinski definition) is 3. The molecular weight excluding hydrogens is 270 g/mol. The highest BCUT2D eigenvalue weighted by Crippen LogP contribution is 2.22. The number of aryl methyl sites for hydroxylation is 1. The molecule has 16 heavy (non-hydrogen) atoms.